The first-order valence-electron chi connectivity index (χ1n) is 9.71. The molecule has 0 saturated carbocycles. The number of anilines is 1. The second-order valence-electron chi connectivity index (χ2n) is 7.46. The van der Waals surface area contributed by atoms with E-state index in [4.69, 9.17) is 11.6 Å². The number of rotatable bonds is 5. The molecular formula is C24H21ClN2O3S. The molecule has 31 heavy (non-hydrogen) atoms. The molecule has 0 atom stereocenters. The maximum atomic E-state index is 13.3. The molecule has 1 amide bonds. The molecule has 7 heteroatoms. The molecule has 158 valence electrons. The average molecular weight is 453 g/mol. The number of nitrogens with one attached hydrogen (secondary N) is 1. The lowest BCUT2D eigenvalue weighted by atomic mass is 10.1. The number of carbonyl (C=O) groups is 1. The number of amides is 1. The molecule has 0 aliphatic heterocycles. The van der Waals surface area contributed by atoms with E-state index in [0.29, 0.717) is 15.9 Å². The van der Waals surface area contributed by atoms with Crippen LogP contribution in [0.1, 0.15) is 11.1 Å². The van der Waals surface area contributed by atoms with Gasteiger partial charge in [-0.3, -0.25) is 4.79 Å². The number of aryl methyl sites for hydroxylation is 2. The highest BCUT2D eigenvalue weighted by Gasteiger charge is 2.24. The number of hydrogen-bond donors (Lipinski definition) is 1. The number of nitrogens with zero attached hydrogens (tertiary/aromatic N) is 1. The lowest BCUT2D eigenvalue weighted by Crippen LogP contribution is -2.18. The third-order valence-corrected chi connectivity index (χ3v) is 7.18. The van der Waals surface area contributed by atoms with Gasteiger partial charge in [-0.2, -0.15) is 0 Å². The van der Waals surface area contributed by atoms with Crippen molar-refractivity contribution in [1.29, 1.82) is 0 Å². The van der Waals surface area contributed by atoms with Crippen LogP contribution in [0.3, 0.4) is 0 Å². The van der Waals surface area contributed by atoms with Crippen molar-refractivity contribution in [3.8, 4) is 0 Å². The van der Waals surface area contributed by atoms with Crippen LogP contribution in [0.15, 0.2) is 82.7 Å². The van der Waals surface area contributed by atoms with E-state index in [2.05, 4.69) is 5.32 Å². The molecule has 1 aromatic heterocycles. The van der Waals surface area contributed by atoms with Crippen LogP contribution in [0.4, 0.5) is 5.69 Å². The van der Waals surface area contributed by atoms with E-state index in [9.17, 15) is 13.2 Å². The van der Waals surface area contributed by atoms with Gasteiger partial charge in [0.05, 0.1) is 9.79 Å². The first-order chi connectivity index (χ1) is 14.8. The lowest BCUT2D eigenvalue weighted by molar-refractivity contribution is -0.116. The molecule has 0 radical (unpaired) electrons. The highest BCUT2D eigenvalue weighted by molar-refractivity contribution is 7.91. The molecule has 4 aromatic rings. The maximum Gasteiger partial charge on any atom is 0.244 e. The van der Waals surface area contributed by atoms with Crippen LogP contribution in [0.5, 0.6) is 0 Å². The van der Waals surface area contributed by atoms with Crippen molar-refractivity contribution in [2.45, 2.75) is 30.2 Å². The Morgan fingerprint density at radius 1 is 1.00 bits per heavy atom. The molecule has 0 bridgehead atoms. The van der Waals surface area contributed by atoms with Crippen molar-refractivity contribution in [1.82, 2.24) is 4.57 Å². The summed E-state index contributed by atoms with van der Waals surface area (Å²) in [4.78, 5) is 13.0. The number of fused-ring (bicyclic) bond motifs is 1. The minimum Gasteiger partial charge on any atom is -0.337 e. The Kier molecular flexibility index (Phi) is 5.60. The van der Waals surface area contributed by atoms with Gasteiger partial charge in [0.1, 0.15) is 6.54 Å². The number of hydrogen-bond acceptors (Lipinski definition) is 3. The molecule has 0 aliphatic rings. The van der Waals surface area contributed by atoms with Crippen LogP contribution in [0, 0.1) is 13.8 Å². The number of carbonyl (C=O) groups excluding carboxylic acids is 1. The Morgan fingerprint density at radius 3 is 2.42 bits per heavy atom. The highest BCUT2D eigenvalue weighted by atomic mass is 35.5. The quantitative estimate of drug-likeness (QED) is 0.441. The topological polar surface area (TPSA) is 68.2 Å². The fraction of sp³-hybridized carbons (Fsp3) is 0.125. The summed E-state index contributed by atoms with van der Waals surface area (Å²) >= 11 is 5.91. The monoisotopic (exact) mass is 452 g/mol. The fourth-order valence-corrected chi connectivity index (χ4v) is 5.20. The molecule has 0 spiro atoms. The second kappa shape index (κ2) is 8.21. The van der Waals surface area contributed by atoms with Crippen LogP contribution in [-0.2, 0) is 21.2 Å². The number of benzene rings is 3. The Morgan fingerprint density at radius 2 is 1.71 bits per heavy atom. The van der Waals surface area contributed by atoms with Crippen LogP contribution < -0.4 is 5.32 Å². The van der Waals surface area contributed by atoms with E-state index in [1.54, 1.807) is 34.9 Å². The number of halogens is 1. The van der Waals surface area contributed by atoms with Gasteiger partial charge in [0.15, 0.2) is 0 Å². The van der Waals surface area contributed by atoms with Crippen molar-refractivity contribution >= 4 is 43.9 Å². The van der Waals surface area contributed by atoms with Gasteiger partial charge in [0.2, 0.25) is 15.7 Å². The number of sulfone groups is 1. The summed E-state index contributed by atoms with van der Waals surface area (Å²) in [6.45, 7) is 3.92. The Balaban J connectivity index is 1.70. The van der Waals surface area contributed by atoms with Gasteiger partial charge in [-0.15, -0.1) is 0 Å². The normalized spacial score (nSPS) is 11.6. The first-order valence-corrected chi connectivity index (χ1v) is 11.6. The molecule has 1 N–H and O–H groups in total. The average Bonchev–Trinajstić information content (AvgIpc) is 3.10. The minimum atomic E-state index is -3.78. The van der Waals surface area contributed by atoms with Gasteiger partial charge >= 0.3 is 0 Å². The summed E-state index contributed by atoms with van der Waals surface area (Å²) in [5, 5.41) is 3.94. The Labute approximate surface area is 186 Å². The van der Waals surface area contributed by atoms with E-state index < -0.39 is 9.84 Å². The van der Waals surface area contributed by atoms with Crippen molar-refractivity contribution in [2.75, 3.05) is 5.32 Å². The standard InChI is InChI=1S/C24H21ClN2O3S/c1-16-7-12-21(17(2)13-16)26-24(28)15-27-14-23(20-5-3-4-6-22(20)27)31(29,30)19-10-8-18(25)9-11-19/h3-14H,15H2,1-2H3,(H,26,28). The molecule has 0 fully saturated rings. The molecule has 0 saturated heterocycles. The largest absolute Gasteiger partial charge is 0.337 e. The predicted octanol–water partition coefficient (Wildman–Crippen LogP) is 5.38. The molecule has 3 aromatic carbocycles. The summed E-state index contributed by atoms with van der Waals surface area (Å²) in [6.07, 6.45) is 1.52. The van der Waals surface area contributed by atoms with Gasteiger partial charge in [-0.25, -0.2) is 8.42 Å². The third-order valence-electron chi connectivity index (χ3n) is 5.14. The summed E-state index contributed by atoms with van der Waals surface area (Å²) in [5.74, 6) is -0.233. The van der Waals surface area contributed by atoms with E-state index >= 15 is 0 Å². The Bertz CT molecular complexity index is 1390. The van der Waals surface area contributed by atoms with E-state index in [0.717, 1.165) is 16.8 Å². The van der Waals surface area contributed by atoms with E-state index in [1.165, 1.54) is 18.3 Å². The molecule has 0 aliphatic carbocycles. The highest BCUT2D eigenvalue weighted by Crippen LogP contribution is 2.31. The fourth-order valence-electron chi connectivity index (χ4n) is 3.60. The van der Waals surface area contributed by atoms with E-state index in [-0.39, 0.29) is 22.2 Å². The molecule has 0 unspecified atom stereocenters. The van der Waals surface area contributed by atoms with Crippen LogP contribution >= 0.6 is 11.6 Å². The third kappa shape index (κ3) is 4.22. The predicted molar refractivity (Wildman–Crippen MR) is 123 cm³/mol. The van der Waals surface area contributed by atoms with Crippen molar-refractivity contribution in [2.24, 2.45) is 0 Å². The van der Waals surface area contributed by atoms with E-state index in [1.807, 2.05) is 38.1 Å². The summed E-state index contributed by atoms with van der Waals surface area (Å²) in [6, 6.07) is 19.0. The van der Waals surface area contributed by atoms with Gasteiger partial charge in [-0.05, 0) is 55.8 Å². The van der Waals surface area contributed by atoms with Gasteiger partial charge in [0, 0.05) is 27.8 Å². The molecular weight excluding hydrogens is 432 g/mol. The van der Waals surface area contributed by atoms with Gasteiger partial charge < -0.3 is 9.88 Å². The zero-order chi connectivity index (χ0) is 22.2. The zero-order valence-electron chi connectivity index (χ0n) is 17.1. The first kappa shape index (κ1) is 21.2. The molecule has 5 nitrogen and oxygen atoms in total. The number of para-hydroxylation sites is 1. The smallest absolute Gasteiger partial charge is 0.244 e. The van der Waals surface area contributed by atoms with Crippen LogP contribution in [0.25, 0.3) is 10.9 Å². The van der Waals surface area contributed by atoms with Crippen LogP contribution in [0.2, 0.25) is 5.02 Å². The van der Waals surface area contributed by atoms with Gasteiger partial charge in [-0.1, -0.05) is 47.5 Å². The Hall–Kier alpha value is -3.09. The maximum absolute atomic E-state index is 13.3. The molecule has 1 heterocycles. The minimum absolute atomic E-state index is 0.00995. The summed E-state index contributed by atoms with van der Waals surface area (Å²) < 4.78 is 28.2. The lowest BCUT2D eigenvalue weighted by Gasteiger charge is -2.10. The van der Waals surface area contributed by atoms with Crippen LogP contribution in [-0.4, -0.2) is 18.9 Å². The van der Waals surface area contributed by atoms with Crippen molar-refractivity contribution in [3.63, 3.8) is 0 Å². The SMILES string of the molecule is Cc1ccc(NC(=O)Cn2cc(S(=O)(=O)c3ccc(Cl)cc3)c3ccccc32)c(C)c1. The van der Waals surface area contributed by atoms with Gasteiger partial charge in [0.25, 0.3) is 0 Å². The second-order valence-corrected chi connectivity index (χ2v) is 9.82. The van der Waals surface area contributed by atoms with Crippen molar-refractivity contribution in [3.05, 3.63) is 89.1 Å². The summed E-state index contributed by atoms with van der Waals surface area (Å²) in [7, 11) is -3.78. The zero-order valence-corrected chi connectivity index (χ0v) is 18.7. The molecule has 4 rings (SSSR count). The summed E-state index contributed by atoms with van der Waals surface area (Å²) in [5.41, 5.74) is 3.49. The number of aromatic nitrogens is 1. The van der Waals surface area contributed by atoms with Crippen molar-refractivity contribution < 1.29 is 13.2 Å².